The summed E-state index contributed by atoms with van der Waals surface area (Å²) in [5.74, 6) is 0.0162. The molecule has 1 N–H and O–H groups in total. The van der Waals surface area contributed by atoms with Gasteiger partial charge in [0.05, 0.1) is 18.2 Å². The zero-order chi connectivity index (χ0) is 16.6. The Hall–Kier alpha value is -2.67. The number of anilines is 1. The molecule has 0 spiro atoms. The third-order valence-electron chi connectivity index (χ3n) is 3.44. The molecule has 0 aliphatic heterocycles. The molecule has 1 amide bonds. The molecule has 0 saturated carbocycles. The molecular weight excluding hydrogens is 316 g/mol. The quantitative estimate of drug-likeness (QED) is 0.798. The van der Waals surface area contributed by atoms with Gasteiger partial charge in [0.2, 0.25) is 0 Å². The minimum atomic E-state index is -0.568. The van der Waals surface area contributed by atoms with Crippen molar-refractivity contribution in [2.24, 2.45) is 0 Å². The zero-order valence-corrected chi connectivity index (χ0v) is 13.6. The number of aryl methyl sites for hydroxylation is 2. The molecule has 2 heterocycles. The van der Waals surface area contributed by atoms with Crippen molar-refractivity contribution in [1.29, 1.82) is 0 Å². The summed E-state index contributed by atoms with van der Waals surface area (Å²) in [7, 11) is 1.54. The van der Waals surface area contributed by atoms with Crippen LogP contribution in [0.2, 0.25) is 0 Å². The molecule has 1 aromatic carbocycles. The van der Waals surface area contributed by atoms with Gasteiger partial charge in [-0.3, -0.25) is 10.1 Å². The van der Waals surface area contributed by atoms with Crippen molar-refractivity contribution < 1.29 is 13.9 Å². The number of carbonyl (C=O) groups is 1. The lowest BCUT2D eigenvalue weighted by Crippen LogP contribution is -2.14. The molecular formula is C16H14N2O4S. The number of rotatable bonds is 3. The summed E-state index contributed by atoms with van der Waals surface area (Å²) >= 11 is 1.37. The number of ether oxygens (including phenoxy) is 1. The van der Waals surface area contributed by atoms with Crippen LogP contribution >= 0.6 is 11.3 Å². The third kappa shape index (κ3) is 2.95. The highest BCUT2D eigenvalue weighted by Gasteiger charge is 2.15. The van der Waals surface area contributed by atoms with Crippen LogP contribution in [0.5, 0.6) is 5.75 Å². The van der Waals surface area contributed by atoms with E-state index in [1.807, 2.05) is 13.8 Å². The number of hydrogen-bond donors (Lipinski definition) is 1. The number of nitrogens with zero attached hydrogens (tertiary/aromatic N) is 1. The van der Waals surface area contributed by atoms with Gasteiger partial charge in [-0.25, -0.2) is 9.78 Å². The molecule has 3 rings (SSSR count). The predicted octanol–water partition coefficient (Wildman–Crippen LogP) is 3.13. The van der Waals surface area contributed by atoms with Crippen LogP contribution in [0.3, 0.4) is 0 Å². The monoisotopic (exact) mass is 330 g/mol. The number of thiazole rings is 1. The number of fused-ring (bicyclic) bond motifs is 1. The summed E-state index contributed by atoms with van der Waals surface area (Å²) in [5.41, 5.74) is 0.289. The molecule has 0 saturated heterocycles. The summed E-state index contributed by atoms with van der Waals surface area (Å²) in [6, 6.07) is 6.47. The fourth-order valence-corrected chi connectivity index (χ4v) is 2.91. The summed E-state index contributed by atoms with van der Waals surface area (Å²) in [5, 5.41) is 4.09. The van der Waals surface area contributed by atoms with Crippen molar-refractivity contribution in [2.45, 2.75) is 13.8 Å². The highest BCUT2D eigenvalue weighted by Crippen LogP contribution is 2.23. The van der Waals surface area contributed by atoms with Crippen molar-refractivity contribution in [3.8, 4) is 5.75 Å². The van der Waals surface area contributed by atoms with Crippen LogP contribution in [-0.4, -0.2) is 18.0 Å². The maximum absolute atomic E-state index is 12.3. The van der Waals surface area contributed by atoms with Gasteiger partial charge < -0.3 is 9.15 Å². The van der Waals surface area contributed by atoms with E-state index in [2.05, 4.69) is 10.3 Å². The first kappa shape index (κ1) is 15.2. The Morgan fingerprint density at radius 3 is 2.74 bits per heavy atom. The van der Waals surface area contributed by atoms with Gasteiger partial charge in [0.15, 0.2) is 10.9 Å². The fraction of sp³-hybridized carbons (Fsp3) is 0.188. The average Bonchev–Trinajstić information content (AvgIpc) is 2.84. The summed E-state index contributed by atoms with van der Waals surface area (Å²) < 4.78 is 10.2. The number of nitrogens with one attached hydrogen (secondary N) is 1. The number of hydrogen-bond acceptors (Lipinski definition) is 6. The highest BCUT2D eigenvalue weighted by atomic mass is 32.1. The summed E-state index contributed by atoms with van der Waals surface area (Å²) in [4.78, 5) is 29.5. The standard InChI is InChI=1S/C16H14N2O4S/c1-8-9(2)23-16(17-8)18-14(19)13-7-10-6-11(21-3)4-5-12(10)15(20)22-13/h4-7H,1-3H3,(H,17,18,19). The minimum absolute atomic E-state index is 0.0683. The SMILES string of the molecule is COc1ccc2c(=O)oc(C(=O)Nc3nc(C)c(C)s3)cc2c1. The van der Waals surface area contributed by atoms with Gasteiger partial charge in [0, 0.05) is 4.88 Å². The first-order chi connectivity index (χ1) is 11.0. The van der Waals surface area contributed by atoms with E-state index in [9.17, 15) is 9.59 Å². The fourth-order valence-electron chi connectivity index (χ4n) is 2.10. The lowest BCUT2D eigenvalue weighted by molar-refractivity contribution is 0.0993. The van der Waals surface area contributed by atoms with Crippen molar-refractivity contribution in [3.63, 3.8) is 0 Å². The van der Waals surface area contributed by atoms with Crippen LogP contribution in [0.25, 0.3) is 10.8 Å². The minimum Gasteiger partial charge on any atom is -0.497 e. The molecule has 0 aliphatic carbocycles. The van der Waals surface area contributed by atoms with E-state index < -0.39 is 11.5 Å². The number of amides is 1. The number of methoxy groups -OCH3 is 1. The predicted molar refractivity (Wildman–Crippen MR) is 88.6 cm³/mol. The number of carbonyl (C=O) groups excluding carboxylic acids is 1. The second-order valence-corrected chi connectivity index (χ2v) is 6.17. The van der Waals surface area contributed by atoms with Gasteiger partial charge in [-0.2, -0.15) is 0 Å². The number of aromatic nitrogens is 1. The van der Waals surface area contributed by atoms with E-state index in [1.54, 1.807) is 18.2 Å². The molecule has 0 unspecified atom stereocenters. The van der Waals surface area contributed by atoms with Crippen LogP contribution in [0.15, 0.2) is 33.5 Å². The Morgan fingerprint density at radius 2 is 2.09 bits per heavy atom. The first-order valence-corrected chi connectivity index (χ1v) is 7.67. The normalized spacial score (nSPS) is 10.7. The van der Waals surface area contributed by atoms with Crippen LogP contribution in [0, 0.1) is 13.8 Å². The van der Waals surface area contributed by atoms with Gasteiger partial charge in [-0.05, 0) is 43.5 Å². The van der Waals surface area contributed by atoms with Gasteiger partial charge in [0.25, 0.3) is 5.91 Å². The number of benzene rings is 1. The Morgan fingerprint density at radius 1 is 1.30 bits per heavy atom. The average molecular weight is 330 g/mol. The van der Waals surface area contributed by atoms with Crippen LogP contribution < -0.4 is 15.7 Å². The molecule has 0 aliphatic rings. The first-order valence-electron chi connectivity index (χ1n) is 6.85. The van der Waals surface area contributed by atoms with Gasteiger partial charge in [-0.1, -0.05) is 0 Å². The van der Waals surface area contributed by atoms with Crippen LogP contribution in [-0.2, 0) is 0 Å². The molecule has 0 radical (unpaired) electrons. The smallest absolute Gasteiger partial charge is 0.344 e. The van der Waals surface area contributed by atoms with E-state index in [0.29, 0.717) is 21.7 Å². The Kier molecular flexibility index (Phi) is 3.87. The maximum atomic E-state index is 12.3. The van der Waals surface area contributed by atoms with E-state index in [-0.39, 0.29) is 5.76 Å². The van der Waals surface area contributed by atoms with Crippen molar-refractivity contribution in [2.75, 3.05) is 12.4 Å². The molecule has 23 heavy (non-hydrogen) atoms. The summed E-state index contributed by atoms with van der Waals surface area (Å²) in [6.45, 7) is 3.79. The van der Waals surface area contributed by atoms with Crippen molar-refractivity contribution in [3.05, 3.63) is 51.0 Å². The topological polar surface area (TPSA) is 81.4 Å². The molecule has 2 aromatic heterocycles. The van der Waals surface area contributed by atoms with Crippen LogP contribution in [0.1, 0.15) is 21.1 Å². The largest absolute Gasteiger partial charge is 0.497 e. The van der Waals surface area contributed by atoms with E-state index in [0.717, 1.165) is 10.6 Å². The second kappa shape index (κ2) is 5.85. The van der Waals surface area contributed by atoms with Gasteiger partial charge in [0.1, 0.15) is 5.75 Å². The Balaban J connectivity index is 1.98. The van der Waals surface area contributed by atoms with E-state index in [4.69, 9.17) is 9.15 Å². The lowest BCUT2D eigenvalue weighted by atomic mass is 10.1. The lowest BCUT2D eigenvalue weighted by Gasteiger charge is -2.04. The third-order valence-corrected chi connectivity index (χ3v) is 4.43. The van der Waals surface area contributed by atoms with Crippen molar-refractivity contribution >= 4 is 33.1 Å². The highest BCUT2D eigenvalue weighted by molar-refractivity contribution is 7.15. The summed E-state index contributed by atoms with van der Waals surface area (Å²) in [6.07, 6.45) is 0. The van der Waals surface area contributed by atoms with Gasteiger partial charge in [-0.15, -0.1) is 11.3 Å². The molecule has 3 aromatic rings. The van der Waals surface area contributed by atoms with Crippen LogP contribution in [0.4, 0.5) is 5.13 Å². The molecule has 0 fully saturated rings. The second-order valence-electron chi connectivity index (χ2n) is 4.97. The zero-order valence-electron chi connectivity index (χ0n) is 12.8. The van der Waals surface area contributed by atoms with E-state index >= 15 is 0 Å². The molecule has 6 nitrogen and oxygen atoms in total. The molecule has 0 atom stereocenters. The molecule has 118 valence electrons. The van der Waals surface area contributed by atoms with Crippen molar-refractivity contribution in [1.82, 2.24) is 4.98 Å². The van der Waals surface area contributed by atoms with E-state index in [1.165, 1.54) is 24.5 Å². The van der Waals surface area contributed by atoms with Gasteiger partial charge >= 0.3 is 5.63 Å². The Bertz CT molecular complexity index is 939. The Labute approximate surface area is 135 Å². The molecule has 0 bridgehead atoms. The molecule has 7 heteroatoms. The maximum Gasteiger partial charge on any atom is 0.344 e.